The zero-order chi connectivity index (χ0) is 8.98. The van der Waals surface area contributed by atoms with Gasteiger partial charge >= 0.3 is 0 Å². The first kappa shape index (κ1) is 8.61. The molecule has 2 heteroatoms. The normalized spacial score (nSPS) is 42.9. The summed E-state index contributed by atoms with van der Waals surface area (Å²) in [6.07, 6.45) is 4.12. The van der Waals surface area contributed by atoms with Crippen molar-refractivity contribution in [1.82, 2.24) is 0 Å². The van der Waals surface area contributed by atoms with Crippen molar-refractivity contribution in [3.8, 4) is 0 Å². The van der Waals surface area contributed by atoms with E-state index in [0.29, 0.717) is 17.1 Å². The second-order valence-electron chi connectivity index (χ2n) is 4.77. The zero-order valence-electron chi connectivity index (χ0n) is 8.02. The van der Waals surface area contributed by atoms with E-state index in [0.717, 1.165) is 12.2 Å². The Morgan fingerprint density at radius 2 is 2.25 bits per heavy atom. The van der Waals surface area contributed by atoms with Crippen LogP contribution in [0, 0.1) is 16.7 Å². The van der Waals surface area contributed by atoms with Gasteiger partial charge in [0.05, 0.1) is 0 Å². The number of carbonyl (C=O) groups excluding carboxylic acids is 1. The minimum absolute atomic E-state index is 0.0666. The highest BCUT2D eigenvalue weighted by atomic mass is 32.2. The molecule has 0 saturated heterocycles. The van der Waals surface area contributed by atoms with Gasteiger partial charge in [0.25, 0.3) is 0 Å². The van der Waals surface area contributed by atoms with Crippen LogP contribution in [0.3, 0.4) is 0 Å². The van der Waals surface area contributed by atoms with Gasteiger partial charge in [-0.25, -0.2) is 0 Å². The van der Waals surface area contributed by atoms with Crippen LogP contribution in [0.4, 0.5) is 0 Å². The average molecular weight is 184 g/mol. The summed E-state index contributed by atoms with van der Waals surface area (Å²) >= 11 is 1.82. The zero-order valence-corrected chi connectivity index (χ0v) is 8.83. The molecule has 0 aromatic carbocycles. The summed E-state index contributed by atoms with van der Waals surface area (Å²) in [4.78, 5) is 11.7. The maximum absolute atomic E-state index is 11.7. The molecule has 2 bridgehead atoms. The fourth-order valence-corrected chi connectivity index (χ4v) is 4.13. The van der Waals surface area contributed by atoms with E-state index in [1.54, 1.807) is 0 Å². The van der Waals surface area contributed by atoms with Crippen molar-refractivity contribution >= 4 is 17.5 Å². The number of thioether (sulfide) groups is 1. The Morgan fingerprint density at radius 1 is 1.58 bits per heavy atom. The Kier molecular flexibility index (Phi) is 1.64. The molecule has 2 atom stereocenters. The highest BCUT2D eigenvalue weighted by Gasteiger charge is 2.68. The smallest absolute Gasteiger partial charge is 0.140 e. The molecule has 2 unspecified atom stereocenters. The molecular formula is C10H16OS. The fourth-order valence-electron chi connectivity index (χ4n) is 2.99. The number of rotatable bonds is 2. The maximum atomic E-state index is 11.7. The third-order valence-electron chi connectivity index (χ3n) is 4.21. The van der Waals surface area contributed by atoms with Crippen LogP contribution in [0.15, 0.2) is 0 Å². The summed E-state index contributed by atoms with van der Waals surface area (Å²) in [6, 6.07) is 0. The molecule has 3 fully saturated rings. The van der Waals surface area contributed by atoms with Crippen molar-refractivity contribution in [1.29, 1.82) is 0 Å². The molecule has 0 heterocycles. The Hall–Kier alpha value is 0.0200. The highest BCUT2D eigenvalue weighted by molar-refractivity contribution is 7.98. The van der Waals surface area contributed by atoms with Crippen molar-refractivity contribution in [3.05, 3.63) is 0 Å². The Bertz CT molecular complexity index is 234. The summed E-state index contributed by atoms with van der Waals surface area (Å²) in [6.45, 7) is 4.53. The maximum Gasteiger partial charge on any atom is 0.140 e. The number of carbonyl (C=O) groups is 1. The standard InChI is InChI=1S/C10H16OS/c1-9(2)7-4-8(11)10(9,5-7)6-12-3/h7H,4-6H2,1-3H3. The van der Waals surface area contributed by atoms with Gasteiger partial charge in [0.2, 0.25) is 0 Å². The third kappa shape index (κ3) is 0.704. The third-order valence-corrected chi connectivity index (χ3v) is 4.99. The Balaban J connectivity index is 2.29. The summed E-state index contributed by atoms with van der Waals surface area (Å²) in [5.74, 6) is 2.26. The van der Waals surface area contributed by atoms with Crippen LogP contribution >= 0.6 is 11.8 Å². The number of ketones is 1. The molecule has 0 aliphatic heterocycles. The van der Waals surface area contributed by atoms with Crippen molar-refractivity contribution in [2.75, 3.05) is 12.0 Å². The van der Waals surface area contributed by atoms with Crippen molar-refractivity contribution in [2.45, 2.75) is 26.7 Å². The summed E-state index contributed by atoms with van der Waals surface area (Å²) in [5, 5.41) is 0. The van der Waals surface area contributed by atoms with Gasteiger partial charge < -0.3 is 0 Å². The van der Waals surface area contributed by atoms with E-state index in [4.69, 9.17) is 0 Å². The van der Waals surface area contributed by atoms with Crippen molar-refractivity contribution in [3.63, 3.8) is 0 Å². The van der Waals surface area contributed by atoms with Gasteiger partial charge in [0.1, 0.15) is 5.78 Å². The second kappa shape index (κ2) is 2.28. The molecule has 3 saturated carbocycles. The first-order chi connectivity index (χ1) is 5.54. The molecule has 0 amide bonds. The molecule has 68 valence electrons. The lowest BCUT2D eigenvalue weighted by molar-refractivity contribution is -0.133. The van der Waals surface area contributed by atoms with E-state index < -0.39 is 0 Å². The Labute approximate surface area is 78.3 Å². The lowest BCUT2D eigenvalue weighted by atomic mass is 9.51. The minimum atomic E-state index is 0.0666. The minimum Gasteiger partial charge on any atom is -0.299 e. The SMILES string of the molecule is CSCC12CC(CC1=O)C2(C)C. The van der Waals surface area contributed by atoms with Crippen molar-refractivity contribution < 1.29 is 4.79 Å². The van der Waals surface area contributed by atoms with Gasteiger partial charge in [-0.3, -0.25) is 4.79 Å². The monoisotopic (exact) mass is 184 g/mol. The van der Waals surface area contributed by atoms with E-state index in [-0.39, 0.29) is 5.41 Å². The van der Waals surface area contributed by atoms with Crippen LogP contribution in [0.1, 0.15) is 26.7 Å². The van der Waals surface area contributed by atoms with E-state index >= 15 is 0 Å². The van der Waals surface area contributed by atoms with Crippen LogP contribution in [0.2, 0.25) is 0 Å². The Morgan fingerprint density at radius 3 is 2.58 bits per heavy atom. The van der Waals surface area contributed by atoms with Crippen LogP contribution in [0.5, 0.6) is 0 Å². The number of hydrogen-bond acceptors (Lipinski definition) is 2. The predicted octanol–water partition coefficient (Wildman–Crippen LogP) is 2.35. The van der Waals surface area contributed by atoms with Crippen LogP contribution in [-0.4, -0.2) is 17.8 Å². The molecule has 0 N–H and O–H groups in total. The van der Waals surface area contributed by atoms with Gasteiger partial charge in [-0.1, -0.05) is 13.8 Å². The average Bonchev–Trinajstić information content (AvgIpc) is 2.40. The topological polar surface area (TPSA) is 17.1 Å². The van der Waals surface area contributed by atoms with E-state index in [9.17, 15) is 4.79 Å². The lowest BCUT2D eigenvalue weighted by Gasteiger charge is -2.53. The van der Waals surface area contributed by atoms with Gasteiger partial charge in [-0.15, -0.1) is 0 Å². The summed E-state index contributed by atoms with van der Waals surface area (Å²) in [5.41, 5.74) is 0.365. The predicted molar refractivity (Wildman–Crippen MR) is 52.3 cm³/mol. The molecule has 0 aromatic rings. The fraction of sp³-hybridized carbons (Fsp3) is 0.900. The highest BCUT2D eigenvalue weighted by Crippen LogP contribution is 2.69. The molecule has 1 nitrogen and oxygen atoms in total. The van der Waals surface area contributed by atoms with Crippen molar-refractivity contribution in [2.24, 2.45) is 16.7 Å². The van der Waals surface area contributed by atoms with Gasteiger partial charge in [-0.05, 0) is 24.0 Å². The van der Waals surface area contributed by atoms with Gasteiger partial charge in [-0.2, -0.15) is 11.8 Å². The van der Waals surface area contributed by atoms with Gasteiger partial charge in [0.15, 0.2) is 0 Å². The number of hydrogen-bond donors (Lipinski definition) is 0. The number of fused-ring (bicyclic) bond motifs is 1. The van der Waals surface area contributed by atoms with E-state index in [1.165, 1.54) is 6.42 Å². The molecule has 0 radical (unpaired) electrons. The molecular weight excluding hydrogens is 168 g/mol. The quantitative estimate of drug-likeness (QED) is 0.655. The van der Waals surface area contributed by atoms with Gasteiger partial charge in [0, 0.05) is 17.6 Å². The molecule has 3 aliphatic carbocycles. The lowest BCUT2D eigenvalue weighted by Crippen LogP contribution is -2.52. The van der Waals surface area contributed by atoms with E-state index in [1.807, 2.05) is 11.8 Å². The van der Waals surface area contributed by atoms with E-state index in [2.05, 4.69) is 20.1 Å². The van der Waals surface area contributed by atoms with Crippen LogP contribution < -0.4 is 0 Å². The molecule has 0 spiro atoms. The number of Topliss-reactive ketones (excluding diaryl/α,β-unsaturated/α-hetero) is 1. The second-order valence-corrected chi connectivity index (χ2v) is 5.63. The summed E-state index contributed by atoms with van der Waals surface area (Å²) in [7, 11) is 0. The first-order valence-electron chi connectivity index (χ1n) is 4.57. The largest absolute Gasteiger partial charge is 0.299 e. The molecule has 12 heavy (non-hydrogen) atoms. The molecule has 0 aromatic heterocycles. The molecule has 3 rings (SSSR count). The van der Waals surface area contributed by atoms with Crippen LogP contribution in [0.25, 0.3) is 0 Å². The first-order valence-corrected chi connectivity index (χ1v) is 5.96. The van der Waals surface area contributed by atoms with Crippen LogP contribution in [-0.2, 0) is 4.79 Å². The summed E-state index contributed by atoms with van der Waals surface area (Å²) < 4.78 is 0. The molecule has 3 aliphatic rings.